The molecule has 0 radical (unpaired) electrons. The number of halogens is 1. The number of para-hydroxylation sites is 1. The third kappa shape index (κ3) is 3.14. The van der Waals surface area contributed by atoms with Crippen LogP contribution in [0.2, 0.25) is 0 Å². The van der Waals surface area contributed by atoms with Gasteiger partial charge in [0, 0.05) is 46.1 Å². The van der Waals surface area contributed by atoms with Gasteiger partial charge in [0.05, 0.1) is 5.56 Å². The number of hydrogen-bond donors (Lipinski definition) is 1. The topological polar surface area (TPSA) is 62.5 Å². The number of nitrogens with zero attached hydrogens (tertiary/aromatic N) is 2. The van der Waals surface area contributed by atoms with Crippen LogP contribution in [0.4, 0.5) is 0 Å². The molecule has 6 heteroatoms. The molecule has 2 aromatic carbocycles. The van der Waals surface area contributed by atoms with E-state index in [4.69, 9.17) is 0 Å². The Morgan fingerprint density at radius 1 is 1.19 bits per heavy atom. The van der Waals surface area contributed by atoms with Crippen molar-refractivity contribution in [1.29, 1.82) is 0 Å². The van der Waals surface area contributed by atoms with Gasteiger partial charge < -0.3 is 14.6 Å². The Morgan fingerprint density at radius 3 is 2.74 bits per heavy atom. The number of aliphatic carboxylic acids is 1. The molecule has 27 heavy (non-hydrogen) atoms. The second-order valence-electron chi connectivity index (χ2n) is 6.88. The summed E-state index contributed by atoms with van der Waals surface area (Å²) in [5.74, 6) is -0.868. The predicted molar refractivity (Wildman–Crippen MR) is 107 cm³/mol. The molecule has 0 spiro atoms. The lowest BCUT2D eigenvalue weighted by molar-refractivity contribution is -0.137. The van der Waals surface area contributed by atoms with Crippen molar-refractivity contribution in [2.24, 2.45) is 0 Å². The lowest BCUT2D eigenvalue weighted by Crippen LogP contribution is -2.36. The molecule has 4 rings (SSSR count). The molecule has 1 aliphatic heterocycles. The van der Waals surface area contributed by atoms with Gasteiger partial charge >= 0.3 is 5.97 Å². The van der Waals surface area contributed by atoms with E-state index >= 15 is 0 Å². The first kappa shape index (κ1) is 17.8. The first-order valence-electron chi connectivity index (χ1n) is 8.82. The summed E-state index contributed by atoms with van der Waals surface area (Å²) in [6.07, 6.45) is 0.645. The van der Waals surface area contributed by atoms with Crippen LogP contribution in [0, 0.1) is 6.92 Å². The Hall–Kier alpha value is -2.60. The minimum atomic E-state index is -0.860. The average molecular weight is 427 g/mol. The van der Waals surface area contributed by atoms with Gasteiger partial charge in [-0.25, -0.2) is 0 Å². The Kier molecular flexibility index (Phi) is 4.52. The number of amides is 1. The number of carbonyl (C=O) groups excluding carboxylic acids is 1. The number of benzene rings is 2. The van der Waals surface area contributed by atoms with Gasteiger partial charge in [-0.15, -0.1) is 0 Å². The van der Waals surface area contributed by atoms with Crippen molar-refractivity contribution in [3.63, 3.8) is 0 Å². The van der Waals surface area contributed by atoms with E-state index in [1.54, 1.807) is 0 Å². The summed E-state index contributed by atoms with van der Waals surface area (Å²) >= 11 is 3.48. The quantitative estimate of drug-likeness (QED) is 0.688. The highest BCUT2D eigenvalue weighted by atomic mass is 79.9. The number of fused-ring (bicyclic) bond motifs is 3. The number of carbonyl (C=O) groups is 2. The summed E-state index contributed by atoms with van der Waals surface area (Å²) in [4.78, 5) is 26.3. The molecule has 2 heterocycles. The molecule has 0 atom stereocenters. The number of hydrogen-bond acceptors (Lipinski definition) is 2. The maximum Gasteiger partial charge on any atom is 0.323 e. The first-order valence-corrected chi connectivity index (χ1v) is 9.61. The molecular formula is C21H19BrN2O3. The molecule has 5 nitrogen and oxygen atoms in total. The van der Waals surface area contributed by atoms with E-state index in [0.29, 0.717) is 25.1 Å². The fourth-order valence-electron chi connectivity index (χ4n) is 3.86. The largest absolute Gasteiger partial charge is 0.480 e. The minimum Gasteiger partial charge on any atom is -0.480 e. The summed E-state index contributed by atoms with van der Waals surface area (Å²) in [6, 6.07) is 13.6. The lowest BCUT2D eigenvalue weighted by Gasteiger charge is -2.28. The van der Waals surface area contributed by atoms with Gasteiger partial charge in [-0.05, 0) is 41.1 Å². The van der Waals surface area contributed by atoms with Crippen molar-refractivity contribution in [3.8, 4) is 0 Å². The molecule has 0 bridgehead atoms. The zero-order valence-electron chi connectivity index (χ0n) is 14.9. The highest BCUT2D eigenvalue weighted by Gasteiger charge is 2.28. The van der Waals surface area contributed by atoms with E-state index in [-0.39, 0.29) is 12.5 Å². The number of aromatic nitrogens is 1. The van der Waals surface area contributed by atoms with Crippen LogP contribution in [-0.4, -0.2) is 33.0 Å². The standard InChI is InChI=1S/C21H19BrN2O3/c1-13-6-7-17(22)15(10-13)21(27)23-9-8-19-16(11-23)14-4-2-3-5-18(14)24(19)12-20(25)26/h2-7,10H,8-9,11-12H2,1H3,(H,25,26). The van der Waals surface area contributed by atoms with Crippen LogP contribution in [0.5, 0.6) is 0 Å². The van der Waals surface area contributed by atoms with Crippen molar-refractivity contribution in [3.05, 3.63) is 69.3 Å². The first-order chi connectivity index (χ1) is 13.0. The number of aryl methyl sites for hydroxylation is 1. The monoisotopic (exact) mass is 426 g/mol. The molecule has 0 unspecified atom stereocenters. The van der Waals surface area contributed by atoms with Crippen LogP contribution in [0.25, 0.3) is 10.9 Å². The van der Waals surface area contributed by atoms with Gasteiger partial charge in [0.15, 0.2) is 0 Å². The third-order valence-corrected chi connectivity index (χ3v) is 5.79. The molecule has 0 aliphatic carbocycles. The van der Waals surface area contributed by atoms with E-state index in [9.17, 15) is 14.7 Å². The fourth-order valence-corrected chi connectivity index (χ4v) is 4.28. The summed E-state index contributed by atoms with van der Waals surface area (Å²) < 4.78 is 2.66. The molecule has 0 saturated heterocycles. The fraction of sp³-hybridized carbons (Fsp3) is 0.238. The smallest absolute Gasteiger partial charge is 0.323 e. The van der Waals surface area contributed by atoms with Crippen LogP contribution >= 0.6 is 15.9 Å². The van der Waals surface area contributed by atoms with E-state index in [1.165, 1.54) is 0 Å². The zero-order chi connectivity index (χ0) is 19.1. The molecule has 0 saturated carbocycles. The van der Waals surface area contributed by atoms with E-state index in [2.05, 4.69) is 15.9 Å². The van der Waals surface area contributed by atoms with Crippen LogP contribution < -0.4 is 0 Å². The Balaban J connectivity index is 1.74. The van der Waals surface area contributed by atoms with Crippen molar-refractivity contribution in [1.82, 2.24) is 9.47 Å². The Bertz CT molecular complexity index is 1070. The van der Waals surface area contributed by atoms with Crippen molar-refractivity contribution in [2.75, 3.05) is 6.54 Å². The third-order valence-electron chi connectivity index (χ3n) is 5.09. The molecule has 1 amide bonds. The van der Waals surface area contributed by atoms with Gasteiger partial charge in [-0.1, -0.05) is 29.8 Å². The zero-order valence-corrected chi connectivity index (χ0v) is 16.5. The molecule has 3 aromatic rings. The number of rotatable bonds is 3. The number of carboxylic acids is 1. The van der Waals surface area contributed by atoms with Gasteiger partial charge in [0.2, 0.25) is 0 Å². The average Bonchev–Trinajstić information content (AvgIpc) is 2.96. The van der Waals surface area contributed by atoms with Crippen molar-refractivity contribution >= 4 is 38.7 Å². The number of carboxylic acid groups (broad SMARTS) is 1. The molecule has 138 valence electrons. The van der Waals surface area contributed by atoms with Crippen LogP contribution in [0.1, 0.15) is 27.2 Å². The molecule has 0 fully saturated rings. The van der Waals surface area contributed by atoms with Crippen LogP contribution in [-0.2, 0) is 24.3 Å². The maximum atomic E-state index is 13.1. The van der Waals surface area contributed by atoms with Gasteiger partial charge in [0.1, 0.15) is 6.54 Å². The summed E-state index contributed by atoms with van der Waals surface area (Å²) in [6.45, 7) is 2.97. The highest BCUT2D eigenvalue weighted by Crippen LogP contribution is 2.32. The molecule has 1 aliphatic rings. The Morgan fingerprint density at radius 2 is 1.96 bits per heavy atom. The maximum absolute atomic E-state index is 13.1. The minimum absolute atomic E-state index is 0.00806. The summed E-state index contributed by atoms with van der Waals surface area (Å²) in [5, 5.41) is 10.3. The summed E-state index contributed by atoms with van der Waals surface area (Å²) in [5.41, 5.74) is 4.68. The molecular weight excluding hydrogens is 408 g/mol. The second kappa shape index (κ2) is 6.85. The van der Waals surface area contributed by atoms with E-state index in [1.807, 2.05) is 58.9 Å². The lowest BCUT2D eigenvalue weighted by atomic mass is 10.0. The van der Waals surface area contributed by atoms with E-state index in [0.717, 1.165) is 32.2 Å². The van der Waals surface area contributed by atoms with Crippen molar-refractivity contribution < 1.29 is 14.7 Å². The second-order valence-corrected chi connectivity index (χ2v) is 7.74. The van der Waals surface area contributed by atoms with Crippen LogP contribution in [0.3, 0.4) is 0 Å². The molecule has 1 N–H and O–H groups in total. The molecule has 1 aromatic heterocycles. The SMILES string of the molecule is Cc1ccc(Br)c(C(=O)N2CCc3c(c4ccccc4n3CC(=O)O)C2)c1. The van der Waals surface area contributed by atoms with Gasteiger partial charge in [-0.3, -0.25) is 9.59 Å². The highest BCUT2D eigenvalue weighted by molar-refractivity contribution is 9.10. The summed E-state index contributed by atoms with van der Waals surface area (Å²) in [7, 11) is 0. The van der Waals surface area contributed by atoms with E-state index < -0.39 is 5.97 Å². The predicted octanol–water partition coefficient (Wildman–Crippen LogP) is 4.00. The van der Waals surface area contributed by atoms with Crippen LogP contribution in [0.15, 0.2) is 46.9 Å². The normalized spacial score (nSPS) is 13.6. The van der Waals surface area contributed by atoms with Gasteiger partial charge in [0.25, 0.3) is 5.91 Å². The Labute approximate surface area is 165 Å². The van der Waals surface area contributed by atoms with Crippen molar-refractivity contribution in [2.45, 2.75) is 26.4 Å². The van der Waals surface area contributed by atoms with Gasteiger partial charge in [-0.2, -0.15) is 0 Å².